The fourth-order valence-electron chi connectivity index (χ4n) is 3.58. The van der Waals surface area contributed by atoms with Gasteiger partial charge in [0.2, 0.25) is 0 Å². The second kappa shape index (κ2) is 12.7. The number of aliphatic hydroxyl groups is 1. The number of nitrogens with one attached hydrogen (secondary N) is 3. The van der Waals surface area contributed by atoms with Crippen LogP contribution in [-0.4, -0.2) is 82.3 Å². The average molecular weight is 601 g/mol. The molecule has 0 bridgehead atoms. The molecule has 0 aliphatic carbocycles. The van der Waals surface area contributed by atoms with E-state index in [1.54, 1.807) is 20.8 Å². The van der Waals surface area contributed by atoms with E-state index in [1.807, 2.05) is 0 Å². The zero-order valence-electron chi connectivity index (χ0n) is 22.0. The third-order valence-corrected chi connectivity index (χ3v) is 8.76. The van der Waals surface area contributed by atoms with Crippen LogP contribution in [0, 0.1) is 0 Å². The minimum Gasteiger partial charge on any atom is -0.465 e. The monoisotopic (exact) mass is 600 g/mol. The van der Waals surface area contributed by atoms with Gasteiger partial charge in [-0.25, -0.2) is 14.6 Å². The summed E-state index contributed by atoms with van der Waals surface area (Å²) in [6.07, 6.45) is -1.20. The van der Waals surface area contributed by atoms with Crippen molar-refractivity contribution in [2.75, 3.05) is 13.2 Å². The number of alkyl halides is 2. The summed E-state index contributed by atoms with van der Waals surface area (Å²) in [5, 5.41) is 18.8. The first-order valence-electron chi connectivity index (χ1n) is 11.8. The largest absolute Gasteiger partial charge is 0.465 e. The van der Waals surface area contributed by atoms with E-state index in [4.69, 9.17) is 42.1 Å². The molecule has 0 aromatic heterocycles. The number of carbonyl (C=O) groups is 3. The van der Waals surface area contributed by atoms with Gasteiger partial charge in [-0.15, -0.1) is 11.6 Å². The van der Waals surface area contributed by atoms with Gasteiger partial charge in [0.15, 0.2) is 12.8 Å². The fourth-order valence-corrected chi connectivity index (χ4v) is 6.81. The Bertz CT molecular complexity index is 1020. The van der Waals surface area contributed by atoms with Gasteiger partial charge in [-0.05, 0) is 53.3 Å². The molecule has 216 valence electrons. The summed E-state index contributed by atoms with van der Waals surface area (Å²) in [5.41, 5.74) is 0. The molecule has 0 spiro atoms. The lowest BCUT2D eigenvalue weighted by atomic mass is 9.99. The number of rotatable bonds is 12. The van der Waals surface area contributed by atoms with Gasteiger partial charge >= 0.3 is 11.9 Å². The Morgan fingerprint density at radius 1 is 1.34 bits per heavy atom. The third-order valence-electron chi connectivity index (χ3n) is 5.47. The highest BCUT2D eigenvalue weighted by atomic mass is 35.5. The number of hydrogen-bond donors (Lipinski definition) is 4. The number of amides is 1. The van der Waals surface area contributed by atoms with Crippen LogP contribution in [0.2, 0.25) is 0 Å². The summed E-state index contributed by atoms with van der Waals surface area (Å²) in [4.78, 5) is 35.7. The van der Waals surface area contributed by atoms with Crippen LogP contribution in [0.3, 0.4) is 0 Å². The normalized spacial score (nSPS) is 30.5. The van der Waals surface area contributed by atoms with E-state index in [0.717, 1.165) is 6.08 Å². The molecule has 2 rings (SSSR count). The SMILES string of the molecule is C=C1NC(=O)C=CN1[C@@H]1O[C@](F)(COP(=S)(NC(C)C(=O)OCC)NC(C)C(=O)OC(C)C)[C@@H](O)[C@@]1(C)Cl. The Kier molecular flexibility index (Phi) is 10.9. The van der Waals surface area contributed by atoms with Gasteiger partial charge in [-0.3, -0.25) is 14.4 Å². The molecule has 0 aromatic carbocycles. The number of ether oxygens (including phenoxy) is 3. The van der Waals surface area contributed by atoms with E-state index < -0.39 is 72.3 Å². The molecule has 2 aliphatic rings. The highest BCUT2D eigenvalue weighted by Gasteiger charge is 2.64. The van der Waals surface area contributed by atoms with Gasteiger partial charge in [-0.2, -0.15) is 0 Å². The molecule has 38 heavy (non-hydrogen) atoms. The maximum atomic E-state index is 16.1. The van der Waals surface area contributed by atoms with Gasteiger partial charge in [0.05, 0.1) is 12.7 Å². The Morgan fingerprint density at radius 2 is 1.92 bits per heavy atom. The van der Waals surface area contributed by atoms with Crippen LogP contribution in [0.25, 0.3) is 0 Å². The second-order valence-electron chi connectivity index (χ2n) is 9.23. The maximum absolute atomic E-state index is 16.1. The van der Waals surface area contributed by atoms with E-state index in [-0.39, 0.29) is 12.4 Å². The highest BCUT2D eigenvalue weighted by Crippen LogP contribution is 2.49. The van der Waals surface area contributed by atoms with E-state index >= 15 is 4.39 Å². The number of halogens is 2. The van der Waals surface area contributed by atoms with Crippen LogP contribution < -0.4 is 15.5 Å². The lowest BCUT2D eigenvalue weighted by Crippen LogP contribution is -2.51. The lowest BCUT2D eigenvalue weighted by molar-refractivity contribution is -0.205. The molecule has 1 saturated heterocycles. The van der Waals surface area contributed by atoms with Gasteiger partial charge < -0.3 is 34.1 Å². The number of hydrogen-bond acceptors (Lipinski definition) is 10. The standard InChI is InChI=1S/C22H35ClFN4O8PS/c1-8-33-17(30)13(4)26-37(38,27-14(5)18(31)35-12(2)3)34-11-22(24)19(32)21(7,23)20(36-22)28-10-9-16(29)25-15(28)6/h9-10,12-14,19-20,32H,6,8,11H2,1-5,7H3,(H,25,29)(H2,26,27,38)/t13?,14?,19-,20+,21+,22+,37?/m0/s1. The Hall–Kier alpha value is -1.64. The number of carbonyl (C=O) groups excluding carboxylic acids is 3. The Morgan fingerprint density at radius 3 is 2.45 bits per heavy atom. The lowest BCUT2D eigenvalue weighted by Gasteiger charge is -2.36. The van der Waals surface area contributed by atoms with Crippen molar-refractivity contribution in [1.29, 1.82) is 0 Å². The van der Waals surface area contributed by atoms with E-state index in [9.17, 15) is 19.5 Å². The first-order valence-corrected chi connectivity index (χ1v) is 14.9. The van der Waals surface area contributed by atoms with Crippen LogP contribution in [0.5, 0.6) is 0 Å². The highest BCUT2D eigenvalue weighted by molar-refractivity contribution is 8.10. The first kappa shape index (κ1) is 32.6. The Labute approximate surface area is 231 Å². The Balaban J connectivity index is 2.28. The van der Waals surface area contributed by atoms with Gasteiger partial charge in [0, 0.05) is 12.3 Å². The van der Waals surface area contributed by atoms with Crippen LogP contribution in [-0.2, 0) is 44.9 Å². The molecule has 2 aliphatic heterocycles. The van der Waals surface area contributed by atoms with Crippen molar-refractivity contribution in [1.82, 2.24) is 20.4 Å². The molecule has 1 fully saturated rings. The van der Waals surface area contributed by atoms with Gasteiger partial charge in [0.25, 0.3) is 11.8 Å². The molecule has 0 saturated carbocycles. The second-order valence-corrected chi connectivity index (χ2v) is 13.5. The van der Waals surface area contributed by atoms with E-state index in [1.165, 1.54) is 31.9 Å². The first-order chi connectivity index (χ1) is 17.5. The predicted octanol–water partition coefficient (Wildman–Crippen LogP) is 1.50. The van der Waals surface area contributed by atoms with E-state index in [2.05, 4.69) is 22.1 Å². The molecule has 3 unspecified atom stereocenters. The zero-order chi connectivity index (χ0) is 29.1. The van der Waals surface area contributed by atoms with Crippen LogP contribution in [0.1, 0.15) is 41.5 Å². The summed E-state index contributed by atoms with van der Waals surface area (Å²) >= 11 is 12.1. The molecular weight excluding hydrogens is 566 g/mol. The van der Waals surface area contributed by atoms with Crippen molar-refractivity contribution < 1.29 is 42.6 Å². The number of nitrogens with zero attached hydrogens (tertiary/aromatic N) is 1. The molecule has 16 heteroatoms. The summed E-state index contributed by atoms with van der Waals surface area (Å²) in [7, 11) is 0. The molecular formula is C22H35ClFN4O8PS. The zero-order valence-corrected chi connectivity index (χ0v) is 24.5. The van der Waals surface area contributed by atoms with Crippen molar-refractivity contribution in [3.8, 4) is 0 Å². The van der Waals surface area contributed by atoms with Gasteiger partial charge in [0.1, 0.15) is 35.5 Å². The minimum atomic E-state index is -3.59. The van der Waals surface area contributed by atoms with Crippen molar-refractivity contribution in [3.63, 3.8) is 0 Å². The molecule has 4 N–H and O–H groups in total. The van der Waals surface area contributed by atoms with Crippen LogP contribution in [0.4, 0.5) is 4.39 Å². The third kappa shape index (κ3) is 7.72. The molecule has 0 aromatic rings. The molecule has 0 radical (unpaired) electrons. The number of esters is 2. The van der Waals surface area contributed by atoms with Crippen molar-refractivity contribution in [2.24, 2.45) is 0 Å². The smallest absolute Gasteiger partial charge is 0.323 e. The average Bonchev–Trinajstić information content (AvgIpc) is 2.98. The summed E-state index contributed by atoms with van der Waals surface area (Å²) in [6.45, 7) is 8.52. The van der Waals surface area contributed by atoms with Crippen molar-refractivity contribution >= 4 is 47.8 Å². The molecule has 7 atom stereocenters. The summed E-state index contributed by atoms with van der Waals surface area (Å²) in [6, 6.07) is -2.00. The van der Waals surface area contributed by atoms with Crippen LogP contribution >= 0.6 is 18.2 Å². The quantitative estimate of drug-likeness (QED) is 0.146. The maximum Gasteiger partial charge on any atom is 0.323 e. The number of aliphatic hydroxyl groups excluding tert-OH is 1. The van der Waals surface area contributed by atoms with E-state index in [0.29, 0.717) is 0 Å². The topological polar surface area (TPSA) is 148 Å². The predicted molar refractivity (Wildman–Crippen MR) is 141 cm³/mol. The molecule has 12 nitrogen and oxygen atoms in total. The summed E-state index contributed by atoms with van der Waals surface area (Å²) in [5.74, 6) is -4.58. The molecule has 2 heterocycles. The van der Waals surface area contributed by atoms with Crippen LogP contribution in [0.15, 0.2) is 24.7 Å². The van der Waals surface area contributed by atoms with Gasteiger partial charge in [-0.1, -0.05) is 6.58 Å². The minimum absolute atomic E-state index is 0.0564. The van der Waals surface area contributed by atoms with Crippen molar-refractivity contribution in [3.05, 3.63) is 24.7 Å². The summed E-state index contributed by atoms with van der Waals surface area (Å²) < 4.78 is 37.5. The molecule has 1 amide bonds. The van der Waals surface area contributed by atoms with Crippen molar-refractivity contribution in [2.45, 2.75) is 82.8 Å². The fraction of sp³-hybridized carbons (Fsp3) is 0.682.